The molecule has 0 bridgehead atoms. The molecule has 2 aromatic rings. The molecule has 0 saturated carbocycles. The van der Waals surface area contributed by atoms with E-state index in [0.29, 0.717) is 12.3 Å². The highest BCUT2D eigenvalue weighted by molar-refractivity contribution is 6.30. The molecule has 0 radical (unpaired) electrons. The molecule has 2 rings (SSSR count). The lowest BCUT2D eigenvalue weighted by Gasteiger charge is -2.11. The first-order valence-corrected chi connectivity index (χ1v) is 5.96. The van der Waals surface area contributed by atoms with Crippen LogP contribution >= 0.6 is 11.6 Å². The topological polar surface area (TPSA) is 53.4 Å². The zero-order chi connectivity index (χ0) is 13.8. The molecule has 100 valence electrons. The van der Waals surface area contributed by atoms with E-state index < -0.39 is 0 Å². The maximum atomic E-state index is 12.1. The van der Waals surface area contributed by atoms with Crippen molar-refractivity contribution in [3.8, 4) is 11.5 Å². The number of halogens is 1. The maximum Gasteiger partial charge on any atom is 0.297 e. The fourth-order valence-electron chi connectivity index (χ4n) is 1.75. The van der Waals surface area contributed by atoms with E-state index in [2.05, 4.69) is 4.98 Å². The van der Waals surface area contributed by atoms with Crippen LogP contribution in [0.25, 0.3) is 0 Å². The molecule has 0 atom stereocenters. The maximum absolute atomic E-state index is 12.1. The van der Waals surface area contributed by atoms with Crippen LogP contribution in [-0.2, 0) is 6.54 Å². The summed E-state index contributed by atoms with van der Waals surface area (Å²) in [5.41, 5.74) is 0.548. The van der Waals surface area contributed by atoms with Gasteiger partial charge in [0.2, 0.25) is 5.75 Å². The van der Waals surface area contributed by atoms with E-state index in [1.165, 1.54) is 18.0 Å². The van der Waals surface area contributed by atoms with Crippen LogP contribution in [0.2, 0.25) is 5.15 Å². The Morgan fingerprint density at radius 1 is 1.26 bits per heavy atom. The average molecular weight is 281 g/mol. The summed E-state index contributed by atoms with van der Waals surface area (Å²) >= 11 is 5.79. The molecule has 0 N–H and O–H groups in total. The molecule has 0 aliphatic carbocycles. The van der Waals surface area contributed by atoms with Crippen LogP contribution in [0, 0.1) is 0 Å². The fourth-order valence-corrected chi connectivity index (χ4v) is 1.95. The number of hydrogen-bond donors (Lipinski definition) is 0. The summed E-state index contributed by atoms with van der Waals surface area (Å²) in [4.78, 5) is 16.0. The Labute approximate surface area is 115 Å². The molecule has 0 spiro atoms. The van der Waals surface area contributed by atoms with Crippen molar-refractivity contribution in [2.75, 3.05) is 14.2 Å². The standard InChI is InChI=1S/C13H13ClN2O3/c1-18-10-6-4-3-5-9(10)7-16-8-15-12(14)11(19-2)13(16)17/h3-6,8H,7H2,1-2H3. The van der Waals surface area contributed by atoms with Crippen molar-refractivity contribution in [1.82, 2.24) is 9.55 Å². The summed E-state index contributed by atoms with van der Waals surface area (Å²) < 4.78 is 11.6. The van der Waals surface area contributed by atoms with Gasteiger partial charge in [0.05, 0.1) is 27.1 Å². The molecule has 6 heteroatoms. The predicted molar refractivity (Wildman–Crippen MR) is 72.2 cm³/mol. The number of ether oxygens (including phenoxy) is 2. The van der Waals surface area contributed by atoms with Gasteiger partial charge in [-0.3, -0.25) is 9.36 Å². The molecule has 5 nitrogen and oxygen atoms in total. The van der Waals surface area contributed by atoms with Crippen molar-refractivity contribution in [3.63, 3.8) is 0 Å². The zero-order valence-corrected chi connectivity index (χ0v) is 11.3. The first kappa shape index (κ1) is 13.4. The van der Waals surface area contributed by atoms with Crippen molar-refractivity contribution < 1.29 is 9.47 Å². The Balaban J connectivity index is 2.42. The first-order chi connectivity index (χ1) is 9.17. The number of nitrogens with zero attached hydrogens (tertiary/aromatic N) is 2. The van der Waals surface area contributed by atoms with Gasteiger partial charge in [-0.1, -0.05) is 29.8 Å². The van der Waals surface area contributed by atoms with E-state index in [1.807, 2.05) is 24.3 Å². The van der Waals surface area contributed by atoms with E-state index in [0.717, 1.165) is 5.56 Å². The number of rotatable bonds is 4. The Kier molecular flexibility index (Phi) is 4.06. The lowest BCUT2D eigenvalue weighted by Crippen LogP contribution is -2.22. The third-order valence-corrected chi connectivity index (χ3v) is 2.96. The second-order valence-corrected chi connectivity index (χ2v) is 4.17. The number of hydrogen-bond acceptors (Lipinski definition) is 4. The van der Waals surface area contributed by atoms with Gasteiger partial charge in [-0.15, -0.1) is 0 Å². The summed E-state index contributed by atoms with van der Waals surface area (Å²) in [7, 11) is 2.97. The van der Waals surface area contributed by atoms with Gasteiger partial charge in [0.25, 0.3) is 5.56 Å². The Morgan fingerprint density at radius 3 is 2.68 bits per heavy atom. The molecule has 0 fully saturated rings. The van der Waals surface area contributed by atoms with Gasteiger partial charge in [0, 0.05) is 5.56 Å². The highest BCUT2D eigenvalue weighted by Crippen LogP contribution is 2.19. The van der Waals surface area contributed by atoms with Crippen LogP contribution < -0.4 is 15.0 Å². The SMILES string of the molecule is COc1ccccc1Cn1cnc(Cl)c(OC)c1=O. The molecule has 0 aliphatic heterocycles. The quantitative estimate of drug-likeness (QED) is 0.804. The van der Waals surface area contributed by atoms with E-state index in [-0.39, 0.29) is 16.5 Å². The number of methoxy groups -OCH3 is 2. The number of para-hydroxylation sites is 1. The molecule has 19 heavy (non-hydrogen) atoms. The summed E-state index contributed by atoms with van der Waals surface area (Å²) in [6.45, 7) is 0.337. The number of benzene rings is 1. The van der Waals surface area contributed by atoms with Gasteiger partial charge in [0.15, 0.2) is 5.15 Å². The van der Waals surface area contributed by atoms with Crippen LogP contribution in [0.15, 0.2) is 35.4 Å². The summed E-state index contributed by atoms with van der Waals surface area (Å²) in [6, 6.07) is 7.46. The van der Waals surface area contributed by atoms with E-state index in [9.17, 15) is 4.79 Å². The van der Waals surface area contributed by atoms with Gasteiger partial charge in [-0.25, -0.2) is 4.98 Å². The van der Waals surface area contributed by atoms with Gasteiger partial charge >= 0.3 is 0 Å². The van der Waals surface area contributed by atoms with Crippen molar-refractivity contribution in [3.05, 3.63) is 51.7 Å². The van der Waals surface area contributed by atoms with Gasteiger partial charge in [-0.2, -0.15) is 0 Å². The predicted octanol–water partition coefficient (Wildman–Crippen LogP) is 1.96. The highest BCUT2D eigenvalue weighted by atomic mass is 35.5. The normalized spacial score (nSPS) is 10.3. The van der Waals surface area contributed by atoms with Crippen LogP contribution in [0.5, 0.6) is 11.5 Å². The monoisotopic (exact) mass is 280 g/mol. The van der Waals surface area contributed by atoms with E-state index in [1.54, 1.807) is 7.11 Å². The van der Waals surface area contributed by atoms with Crippen LogP contribution in [0.3, 0.4) is 0 Å². The highest BCUT2D eigenvalue weighted by Gasteiger charge is 2.11. The molecule has 1 heterocycles. The van der Waals surface area contributed by atoms with Crippen LogP contribution in [-0.4, -0.2) is 23.8 Å². The van der Waals surface area contributed by atoms with Gasteiger partial charge in [0.1, 0.15) is 5.75 Å². The van der Waals surface area contributed by atoms with Crippen LogP contribution in [0.1, 0.15) is 5.56 Å². The second-order valence-electron chi connectivity index (χ2n) is 3.81. The van der Waals surface area contributed by atoms with Crippen molar-refractivity contribution >= 4 is 11.6 Å². The number of aromatic nitrogens is 2. The van der Waals surface area contributed by atoms with E-state index in [4.69, 9.17) is 21.1 Å². The largest absolute Gasteiger partial charge is 0.496 e. The second kappa shape index (κ2) is 5.75. The third kappa shape index (κ3) is 2.71. The average Bonchev–Trinajstić information content (AvgIpc) is 2.43. The smallest absolute Gasteiger partial charge is 0.297 e. The molecule has 0 aliphatic rings. The Hall–Kier alpha value is -2.01. The first-order valence-electron chi connectivity index (χ1n) is 5.58. The van der Waals surface area contributed by atoms with Crippen LogP contribution in [0.4, 0.5) is 0 Å². The van der Waals surface area contributed by atoms with Crippen molar-refractivity contribution in [1.29, 1.82) is 0 Å². The summed E-state index contributed by atoms with van der Waals surface area (Å²) in [6.07, 6.45) is 1.39. The lowest BCUT2D eigenvalue weighted by molar-refractivity contribution is 0.397. The molecule has 1 aromatic heterocycles. The van der Waals surface area contributed by atoms with Gasteiger partial charge in [-0.05, 0) is 6.07 Å². The molecule has 0 unspecified atom stereocenters. The minimum absolute atomic E-state index is 0.0408. The summed E-state index contributed by atoms with van der Waals surface area (Å²) in [5.74, 6) is 0.752. The summed E-state index contributed by atoms with van der Waals surface area (Å²) in [5, 5.41) is 0.0591. The molecule has 0 amide bonds. The Morgan fingerprint density at radius 2 is 2.00 bits per heavy atom. The molecule has 1 aromatic carbocycles. The fraction of sp³-hybridized carbons (Fsp3) is 0.231. The van der Waals surface area contributed by atoms with Crippen molar-refractivity contribution in [2.45, 2.75) is 6.54 Å². The van der Waals surface area contributed by atoms with Gasteiger partial charge < -0.3 is 9.47 Å². The molecule has 0 saturated heterocycles. The minimum atomic E-state index is -0.326. The van der Waals surface area contributed by atoms with E-state index >= 15 is 0 Å². The molecular weight excluding hydrogens is 268 g/mol. The Bertz CT molecular complexity index is 640. The lowest BCUT2D eigenvalue weighted by atomic mass is 10.2. The third-order valence-electron chi connectivity index (χ3n) is 2.69. The molecular formula is C13H13ClN2O3. The minimum Gasteiger partial charge on any atom is -0.496 e. The zero-order valence-electron chi connectivity index (χ0n) is 10.6. The van der Waals surface area contributed by atoms with Crippen molar-refractivity contribution in [2.24, 2.45) is 0 Å².